The molecular weight excluding hydrogens is 328 g/mol. The van der Waals surface area contributed by atoms with Gasteiger partial charge in [-0.15, -0.1) is 0 Å². The van der Waals surface area contributed by atoms with Crippen LogP contribution in [-0.2, 0) is 42.1 Å². The molecule has 1 saturated heterocycles. The lowest BCUT2D eigenvalue weighted by atomic mass is 9.78. The number of benzene rings is 2. The quantitative estimate of drug-likeness (QED) is 0.849. The summed E-state index contributed by atoms with van der Waals surface area (Å²) in [6, 6.07) is 13.9. The monoisotopic (exact) mass is 348 g/mol. The van der Waals surface area contributed by atoms with Crippen molar-refractivity contribution in [3.8, 4) is 0 Å². The van der Waals surface area contributed by atoms with Crippen LogP contribution in [0.2, 0.25) is 0 Å². The molecule has 26 heavy (non-hydrogen) atoms. The predicted octanol–water partition coefficient (Wildman–Crippen LogP) is 2.70. The summed E-state index contributed by atoms with van der Waals surface area (Å²) in [7, 11) is 0. The van der Waals surface area contributed by atoms with Gasteiger partial charge in [-0.25, -0.2) is 4.79 Å². The predicted molar refractivity (Wildman–Crippen MR) is 95.2 cm³/mol. The van der Waals surface area contributed by atoms with E-state index >= 15 is 0 Å². The second-order valence-electron chi connectivity index (χ2n) is 7.44. The maximum atomic E-state index is 13.2. The molecule has 2 aromatic carbocycles. The first kappa shape index (κ1) is 15.6. The average molecular weight is 348 g/mol. The number of carbonyl (C=O) groups is 2. The molecule has 1 aliphatic carbocycles. The first-order valence-corrected chi connectivity index (χ1v) is 9.04. The molecule has 5 rings (SSSR count). The average Bonchev–Trinajstić information content (AvgIpc) is 3.20. The summed E-state index contributed by atoms with van der Waals surface area (Å²) in [5, 5.41) is 3.00. The molecule has 2 aromatic rings. The Bertz CT molecular complexity index is 923. The minimum Gasteiger partial charge on any atom is -0.372 e. The number of urea groups is 1. The van der Waals surface area contributed by atoms with Gasteiger partial charge in [-0.3, -0.25) is 9.69 Å². The van der Waals surface area contributed by atoms with Crippen molar-refractivity contribution in [1.29, 1.82) is 0 Å². The first-order valence-electron chi connectivity index (χ1n) is 9.04. The van der Waals surface area contributed by atoms with Gasteiger partial charge in [0.1, 0.15) is 5.54 Å². The number of fused-ring (bicyclic) bond motifs is 2. The Balaban J connectivity index is 1.40. The fourth-order valence-corrected chi connectivity index (χ4v) is 4.35. The summed E-state index contributed by atoms with van der Waals surface area (Å²) in [5.74, 6) is -0.103. The van der Waals surface area contributed by atoms with Crippen LogP contribution in [0.25, 0.3) is 0 Å². The van der Waals surface area contributed by atoms with Gasteiger partial charge in [-0.05, 0) is 40.7 Å². The van der Waals surface area contributed by atoms with E-state index in [0.29, 0.717) is 32.6 Å². The third kappa shape index (κ3) is 2.35. The summed E-state index contributed by atoms with van der Waals surface area (Å²) >= 11 is 0. The highest BCUT2D eigenvalue weighted by molar-refractivity contribution is 6.07. The zero-order valence-electron chi connectivity index (χ0n) is 14.5. The highest BCUT2D eigenvalue weighted by atomic mass is 16.5. The lowest BCUT2D eigenvalue weighted by Gasteiger charge is -2.32. The van der Waals surface area contributed by atoms with E-state index in [9.17, 15) is 9.59 Å². The zero-order valence-corrected chi connectivity index (χ0v) is 14.5. The van der Waals surface area contributed by atoms with Gasteiger partial charge in [0.05, 0.1) is 19.8 Å². The van der Waals surface area contributed by atoms with E-state index in [0.717, 1.165) is 23.1 Å². The second kappa shape index (κ2) is 5.68. The molecule has 3 aliphatic rings. The Hall–Kier alpha value is -2.66. The minimum absolute atomic E-state index is 0.103. The van der Waals surface area contributed by atoms with Crippen LogP contribution in [0.5, 0.6) is 0 Å². The number of rotatable bonds is 2. The molecule has 1 fully saturated rings. The minimum atomic E-state index is -0.786. The maximum absolute atomic E-state index is 13.2. The lowest BCUT2D eigenvalue weighted by molar-refractivity contribution is -0.132. The molecule has 5 heteroatoms. The molecule has 0 radical (unpaired) electrons. The highest BCUT2D eigenvalue weighted by Gasteiger charge is 2.52. The van der Waals surface area contributed by atoms with Crippen LogP contribution < -0.4 is 5.32 Å². The Morgan fingerprint density at radius 2 is 1.81 bits per heavy atom. The standard InChI is InChI=1S/C21H20N2O3/c24-19-21(8-7-15-3-1-2-4-16(15)10-21)22-20(25)23(19)11-14-5-6-17-12-26-13-18(17)9-14/h1-6,9H,7-8,10-13H2,(H,22,25). The van der Waals surface area contributed by atoms with Crippen LogP contribution in [-0.4, -0.2) is 22.4 Å². The molecular formula is C21H20N2O3. The van der Waals surface area contributed by atoms with Crippen LogP contribution in [0.1, 0.15) is 34.2 Å². The number of hydrogen-bond donors (Lipinski definition) is 1. The molecule has 0 bridgehead atoms. The zero-order chi connectivity index (χ0) is 17.7. The summed E-state index contributed by atoms with van der Waals surface area (Å²) in [6.07, 6.45) is 2.04. The van der Waals surface area contributed by atoms with E-state index in [-0.39, 0.29) is 11.9 Å². The van der Waals surface area contributed by atoms with Crippen molar-refractivity contribution in [3.05, 3.63) is 70.3 Å². The molecule has 132 valence electrons. The molecule has 1 spiro atoms. The summed E-state index contributed by atoms with van der Waals surface area (Å²) in [5.41, 5.74) is 4.94. The molecule has 5 nitrogen and oxygen atoms in total. The molecule has 1 N–H and O–H groups in total. The van der Waals surface area contributed by atoms with E-state index in [1.165, 1.54) is 16.0 Å². The molecule has 0 aromatic heterocycles. The van der Waals surface area contributed by atoms with Gasteiger partial charge in [-0.1, -0.05) is 42.5 Å². The SMILES string of the molecule is O=C1NC2(CCc3ccccc3C2)C(=O)N1Cc1ccc2c(c1)COC2. The number of aryl methyl sites for hydroxylation is 1. The number of ether oxygens (including phenoxy) is 1. The van der Waals surface area contributed by atoms with Gasteiger partial charge < -0.3 is 10.1 Å². The largest absolute Gasteiger partial charge is 0.372 e. The topological polar surface area (TPSA) is 58.6 Å². The molecule has 3 amide bonds. The second-order valence-corrected chi connectivity index (χ2v) is 7.44. The number of nitrogens with zero attached hydrogens (tertiary/aromatic N) is 1. The normalized spacial score (nSPS) is 23.9. The van der Waals surface area contributed by atoms with Gasteiger partial charge >= 0.3 is 6.03 Å². The maximum Gasteiger partial charge on any atom is 0.325 e. The molecule has 0 saturated carbocycles. The third-order valence-electron chi connectivity index (χ3n) is 5.80. The van der Waals surface area contributed by atoms with Crippen LogP contribution in [0.4, 0.5) is 4.79 Å². The number of carbonyl (C=O) groups excluding carboxylic acids is 2. The Labute approximate surface area is 152 Å². The molecule has 1 unspecified atom stereocenters. The van der Waals surface area contributed by atoms with Crippen molar-refractivity contribution in [2.75, 3.05) is 0 Å². The van der Waals surface area contributed by atoms with Crippen molar-refractivity contribution in [2.24, 2.45) is 0 Å². The van der Waals surface area contributed by atoms with Crippen LogP contribution in [0, 0.1) is 0 Å². The summed E-state index contributed by atoms with van der Waals surface area (Å²) < 4.78 is 5.45. The van der Waals surface area contributed by atoms with Gasteiger partial charge in [0, 0.05) is 6.42 Å². The molecule has 1 atom stereocenters. The van der Waals surface area contributed by atoms with E-state index in [1.54, 1.807) is 0 Å². The summed E-state index contributed by atoms with van der Waals surface area (Å²) in [4.78, 5) is 27.1. The lowest BCUT2D eigenvalue weighted by Crippen LogP contribution is -2.51. The number of amides is 3. The van der Waals surface area contributed by atoms with Gasteiger partial charge in [0.25, 0.3) is 5.91 Å². The van der Waals surface area contributed by atoms with E-state index in [4.69, 9.17) is 4.74 Å². The van der Waals surface area contributed by atoms with Crippen molar-refractivity contribution in [3.63, 3.8) is 0 Å². The van der Waals surface area contributed by atoms with Crippen LogP contribution in [0.3, 0.4) is 0 Å². The Morgan fingerprint density at radius 3 is 2.69 bits per heavy atom. The number of hydrogen-bond acceptors (Lipinski definition) is 3. The number of nitrogens with one attached hydrogen (secondary N) is 1. The fourth-order valence-electron chi connectivity index (χ4n) is 4.35. The van der Waals surface area contributed by atoms with Crippen molar-refractivity contribution in [1.82, 2.24) is 10.2 Å². The van der Waals surface area contributed by atoms with Crippen molar-refractivity contribution in [2.45, 2.75) is 44.6 Å². The van der Waals surface area contributed by atoms with E-state index in [2.05, 4.69) is 17.4 Å². The molecule has 2 aliphatic heterocycles. The highest BCUT2D eigenvalue weighted by Crippen LogP contribution is 2.34. The third-order valence-corrected chi connectivity index (χ3v) is 5.80. The van der Waals surface area contributed by atoms with E-state index in [1.807, 2.05) is 30.3 Å². The Morgan fingerprint density at radius 1 is 1.00 bits per heavy atom. The first-order chi connectivity index (χ1) is 12.6. The van der Waals surface area contributed by atoms with Gasteiger partial charge in [0.15, 0.2) is 0 Å². The van der Waals surface area contributed by atoms with E-state index < -0.39 is 5.54 Å². The smallest absolute Gasteiger partial charge is 0.325 e. The fraction of sp³-hybridized carbons (Fsp3) is 0.333. The van der Waals surface area contributed by atoms with Gasteiger partial charge in [-0.2, -0.15) is 0 Å². The number of imide groups is 1. The van der Waals surface area contributed by atoms with Crippen molar-refractivity contribution < 1.29 is 14.3 Å². The van der Waals surface area contributed by atoms with Crippen molar-refractivity contribution >= 4 is 11.9 Å². The van der Waals surface area contributed by atoms with Gasteiger partial charge in [0.2, 0.25) is 0 Å². The van der Waals surface area contributed by atoms with Crippen LogP contribution >= 0.6 is 0 Å². The molecule has 2 heterocycles. The van der Waals surface area contributed by atoms with Crippen LogP contribution in [0.15, 0.2) is 42.5 Å². The Kier molecular flexibility index (Phi) is 3.40. The summed E-state index contributed by atoms with van der Waals surface area (Å²) in [6.45, 7) is 1.55.